The monoisotopic (exact) mass is 275 g/mol. The number of aromatic nitrogens is 1. The van der Waals surface area contributed by atoms with Crippen molar-refractivity contribution in [2.45, 2.75) is 25.7 Å². The number of aryl methyl sites for hydroxylation is 1. The Hall–Kier alpha value is -0.420. The van der Waals surface area contributed by atoms with Gasteiger partial charge < -0.3 is 4.74 Å². The summed E-state index contributed by atoms with van der Waals surface area (Å²) < 4.78 is 5.86. The molecule has 1 unspecified atom stereocenters. The van der Waals surface area contributed by atoms with E-state index in [2.05, 4.69) is 20.9 Å². The summed E-state index contributed by atoms with van der Waals surface area (Å²) in [6.45, 7) is 2.26. The van der Waals surface area contributed by atoms with Crippen LogP contribution in [0.3, 0.4) is 0 Å². The molecule has 14 heavy (non-hydrogen) atoms. The van der Waals surface area contributed by atoms with Crippen molar-refractivity contribution < 1.29 is 9.53 Å². The minimum Gasteiger partial charge on any atom is -0.465 e. The number of rotatable bonds is 2. The molecule has 1 aliphatic rings. The van der Waals surface area contributed by atoms with Gasteiger partial charge in [-0.25, -0.2) is 4.98 Å². The summed E-state index contributed by atoms with van der Waals surface area (Å²) in [4.78, 5) is 17.1. The molecule has 3 nitrogen and oxygen atoms in total. The SMILES string of the molecule is CCOC(=O)C1CCc2sc(Br)nc21. The van der Waals surface area contributed by atoms with Gasteiger partial charge in [0.2, 0.25) is 0 Å². The number of carbonyl (C=O) groups is 1. The van der Waals surface area contributed by atoms with Gasteiger partial charge in [-0.15, -0.1) is 11.3 Å². The molecule has 0 fully saturated rings. The fraction of sp³-hybridized carbons (Fsp3) is 0.556. The number of halogens is 1. The zero-order valence-electron chi connectivity index (χ0n) is 7.75. The smallest absolute Gasteiger partial charge is 0.315 e. The number of hydrogen-bond donors (Lipinski definition) is 0. The van der Waals surface area contributed by atoms with Crippen LogP contribution in [0.1, 0.15) is 29.8 Å². The Balaban J connectivity index is 2.20. The normalized spacial score (nSPS) is 19.4. The molecule has 1 aromatic rings. The zero-order valence-corrected chi connectivity index (χ0v) is 10.2. The highest BCUT2D eigenvalue weighted by atomic mass is 79.9. The molecule has 0 aliphatic heterocycles. The topological polar surface area (TPSA) is 39.2 Å². The van der Waals surface area contributed by atoms with Crippen LogP contribution in [0.4, 0.5) is 0 Å². The van der Waals surface area contributed by atoms with Crippen LogP contribution >= 0.6 is 27.3 Å². The first-order chi connectivity index (χ1) is 6.72. The molecule has 0 aromatic carbocycles. The second kappa shape index (κ2) is 3.98. The van der Waals surface area contributed by atoms with Crippen LogP contribution in [0.2, 0.25) is 0 Å². The van der Waals surface area contributed by atoms with E-state index in [9.17, 15) is 4.79 Å². The highest BCUT2D eigenvalue weighted by Crippen LogP contribution is 2.38. The predicted octanol–water partition coefficient (Wildman–Crippen LogP) is 2.50. The third-order valence-electron chi connectivity index (χ3n) is 2.26. The van der Waals surface area contributed by atoms with Gasteiger partial charge in [-0.3, -0.25) is 4.79 Å². The van der Waals surface area contributed by atoms with Gasteiger partial charge in [-0.2, -0.15) is 0 Å². The summed E-state index contributed by atoms with van der Waals surface area (Å²) in [5.74, 6) is -0.267. The Morgan fingerprint density at radius 3 is 3.29 bits per heavy atom. The molecule has 0 radical (unpaired) electrons. The van der Waals surface area contributed by atoms with Crippen molar-refractivity contribution in [3.05, 3.63) is 14.5 Å². The Bertz CT molecular complexity index is 364. The molecule has 0 spiro atoms. The first kappa shape index (κ1) is 10.1. The number of hydrogen-bond acceptors (Lipinski definition) is 4. The van der Waals surface area contributed by atoms with Crippen LogP contribution in [-0.4, -0.2) is 17.6 Å². The number of nitrogens with zero attached hydrogens (tertiary/aromatic N) is 1. The van der Waals surface area contributed by atoms with Crippen LogP contribution in [0, 0.1) is 0 Å². The largest absolute Gasteiger partial charge is 0.465 e. The summed E-state index contributed by atoms with van der Waals surface area (Å²) >= 11 is 4.94. The Morgan fingerprint density at radius 2 is 2.57 bits per heavy atom. The second-order valence-corrected chi connectivity index (χ2v) is 5.48. The van der Waals surface area contributed by atoms with Crippen LogP contribution in [0.5, 0.6) is 0 Å². The number of carbonyl (C=O) groups excluding carboxylic acids is 1. The highest BCUT2D eigenvalue weighted by Gasteiger charge is 2.33. The molecule has 2 rings (SSSR count). The standard InChI is InChI=1S/C9H10BrNO2S/c1-2-13-8(12)5-3-4-6-7(5)11-9(10)14-6/h5H,2-4H2,1H3. The summed E-state index contributed by atoms with van der Waals surface area (Å²) in [7, 11) is 0. The quantitative estimate of drug-likeness (QED) is 0.779. The maximum Gasteiger partial charge on any atom is 0.315 e. The lowest BCUT2D eigenvalue weighted by atomic mass is 10.1. The summed E-state index contributed by atoms with van der Waals surface area (Å²) in [5.41, 5.74) is 0.917. The molecule has 1 atom stereocenters. The molecule has 0 N–H and O–H groups in total. The van der Waals surface area contributed by atoms with Gasteiger partial charge in [0.15, 0.2) is 3.92 Å². The van der Waals surface area contributed by atoms with Crippen molar-refractivity contribution in [1.29, 1.82) is 0 Å². The van der Waals surface area contributed by atoms with Gasteiger partial charge in [0.05, 0.1) is 12.3 Å². The lowest BCUT2D eigenvalue weighted by Gasteiger charge is -2.07. The van der Waals surface area contributed by atoms with Crippen molar-refractivity contribution >= 4 is 33.2 Å². The van der Waals surface area contributed by atoms with E-state index < -0.39 is 0 Å². The molecule has 0 saturated heterocycles. The predicted molar refractivity (Wildman–Crippen MR) is 57.5 cm³/mol. The minimum absolute atomic E-state index is 0.132. The van der Waals surface area contributed by atoms with E-state index in [1.54, 1.807) is 11.3 Å². The number of esters is 1. The van der Waals surface area contributed by atoms with Crippen molar-refractivity contribution in [2.24, 2.45) is 0 Å². The maximum absolute atomic E-state index is 11.5. The molecule has 76 valence electrons. The molecule has 0 bridgehead atoms. The molecular formula is C9H10BrNO2S. The third-order valence-corrected chi connectivity index (χ3v) is 3.85. The molecule has 5 heteroatoms. The fourth-order valence-electron chi connectivity index (χ4n) is 1.67. The first-order valence-electron chi connectivity index (χ1n) is 4.54. The Morgan fingerprint density at radius 1 is 1.79 bits per heavy atom. The number of ether oxygens (including phenoxy) is 1. The third kappa shape index (κ3) is 1.70. The van der Waals surface area contributed by atoms with Gasteiger partial charge in [-0.1, -0.05) is 0 Å². The second-order valence-electron chi connectivity index (χ2n) is 3.12. The van der Waals surface area contributed by atoms with Crippen LogP contribution < -0.4 is 0 Å². The van der Waals surface area contributed by atoms with Gasteiger partial charge in [0.25, 0.3) is 0 Å². The average Bonchev–Trinajstić information content (AvgIpc) is 2.62. The van der Waals surface area contributed by atoms with E-state index >= 15 is 0 Å². The van der Waals surface area contributed by atoms with Gasteiger partial charge in [0.1, 0.15) is 5.92 Å². The Labute approximate surface area is 94.6 Å². The van der Waals surface area contributed by atoms with E-state index in [1.165, 1.54) is 4.88 Å². The minimum atomic E-state index is -0.135. The van der Waals surface area contributed by atoms with E-state index in [4.69, 9.17) is 4.74 Å². The highest BCUT2D eigenvalue weighted by molar-refractivity contribution is 9.11. The van der Waals surface area contributed by atoms with E-state index in [0.29, 0.717) is 6.61 Å². The molecule has 0 saturated carbocycles. The van der Waals surface area contributed by atoms with E-state index in [1.807, 2.05) is 6.92 Å². The lowest BCUT2D eigenvalue weighted by Crippen LogP contribution is -2.13. The van der Waals surface area contributed by atoms with E-state index in [-0.39, 0.29) is 11.9 Å². The molecule has 1 aromatic heterocycles. The van der Waals surface area contributed by atoms with Crippen LogP contribution in [-0.2, 0) is 16.0 Å². The summed E-state index contributed by atoms with van der Waals surface area (Å²) in [6.07, 6.45) is 1.79. The molecule has 1 heterocycles. The lowest BCUT2D eigenvalue weighted by molar-refractivity contribution is -0.145. The van der Waals surface area contributed by atoms with Gasteiger partial charge in [-0.05, 0) is 35.7 Å². The van der Waals surface area contributed by atoms with Crippen molar-refractivity contribution in [3.8, 4) is 0 Å². The van der Waals surface area contributed by atoms with Crippen molar-refractivity contribution in [2.75, 3.05) is 6.61 Å². The maximum atomic E-state index is 11.5. The molecule has 0 amide bonds. The summed E-state index contributed by atoms with van der Waals surface area (Å²) in [5, 5.41) is 0. The fourth-order valence-corrected chi connectivity index (χ4v) is 3.31. The van der Waals surface area contributed by atoms with Gasteiger partial charge in [0, 0.05) is 4.88 Å². The number of thiazole rings is 1. The first-order valence-corrected chi connectivity index (χ1v) is 6.15. The zero-order chi connectivity index (χ0) is 10.1. The van der Waals surface area contributed by atoms with Crippen LogP contribution in [0.15, 0.2) is 3.92 Å². The van der Waals surface area contributed by atoms with Crippen LogP contribution in [0.25, 0.3) is 0 Å². The Kier molecular flexibility index (Phi) is 2.88. The molecular weight excluding hydrogens is 266 g/mol. The van der Waals surface area contributed by atoms with E-state index in [0.717, 1.165) is 22.5 Å². The average molecular weight is 276 g/mol. The summed E-state index contributed by atoms with van der Waals surface area (Å²) in [6, 6.07) is 0. The number of fused-ring (bicyclic) bond motifs is 1. The van der Waals surface area contributed by atoms with Crippen molar-refractivity contribution in [3.63, 3.8) is 0 Å². The molecule has 1 aliphatic carbocycles. The van der Waals surface area contributed by atoms with Crippen molar-refractivity contribution in [1.82, 2.24) is 4.98 Å². The van der Waals surface area contributed by atoms with Gasteiger partial charge >= 0.3 is 5.97 Å².